The van der Waals surface area contributed by atoms with Gasteiger partial charge in [0.1, 0.15) is 6.04 Å². The molecule has 3 amide bonds. The first kappa shape index (κ1) is 29.1. The van der Waals surface area contributed by atoms with Gasteiger partial charge in [-0.25, -0.2) is 9.78 Å². The summed E-state index contributed by atoms with van der Waals surface area (Å²) < 4.78 is 2.07. The molecule has 9 heteroatoms. The second kappa shape index (κ2) is 14.5. The van der Waals surface area contributed by atoms with Gasteiger partial charge < -0.3 is 20.1 Å². The van der Waals surface area contributed by atoms with E-state index in [2.05, 4.69) is 31.2 Å². The minimum absolute atomic E-state index is 0.0738. The first-order valence-electron chi connectivity index (χ1n) is 15.6. The average Bonchev–Trinajstić information content (AvgIpc) is 3.45. The molecular formula is C32H45N7O2. The third-order valence-electron chi connectivity index (χ3n) is 9.12. The van der Waals surface area contributed by atoms with Crippen molar-refractivity contribution >= 4 is 11.9 Å². The van der Waals surface area contributed by atoms with Crippen LogP contribution in [0.2, 0.25) is 0 Å². The average molecular weight is 560 g/mol. The van der Waals surface area contributed by atoms with Crippen LogP contribution in [-0.4, -0.2) is 76.1 Å². The molecule has 2 N–H and O–H groups in total. The van der Waals surface area contributed by atoms with Crippen molar-refractivity contribution < 1.29 is 9.59 Å². The van der Waals surface area contributed by atoms with Gasteiger partial charge in [-0.3, -0.25) is 9.69 Å². The number of nitriles is 1. The number of urea groups is 1. The van der Waals surface area contributed by atoms with E-state index in [9.17, 15) is 9.59 Å². The monoisotopic (exact) mass is 559 g/mol. The van der Waals surface area contributed by atoms with E-state index in [1.54, 1.807) is 11.2 Å². The zero-order valence-electron chi connectivity index (χ0n) is 24.3. The summed E-state index contributed by atoms with van der Waals surface area (Å²) in [4.78, 5) is 35.5. The number of rotatable bonds is 9. The Hall–Kier alpha value is -3.38. The standard InChI is InChI=1S/C32H45N7O2/c33-19-25-11-13-27(14-12-25)22-38-24-34-20-29(38)15-16-35-31(40)30-23-37(21-26-7-3-1-4-8-26)17-18-39(30)32(41)36-28-9-5-2-6-10-28/h11-14,20,24,26,28,30H,1-10,15-18,21-23H2,(H,35,40)(H,36,41)/t30-/m1/s1. The lowest BCUT2D eigenvalue weighted by atomic mass is 9.88. The molecule has 3 aliphatic rings. The Bertz CT molecular complexity index is 1180. The molecule has 2 aliphatic carbocycles. The molecule has 5 rings (SSSR count). The molecule has 1 aliphatic heterocycles. The molecule has 2 saturated carbocycles. The molecule has 0 radical (unpaired) electrons. The molecule has 1 aromatic carbocycles. The number of hydrogen-bond acceptors (Lipinski definition) is 5. The SMILES string of the molecule is N#Cc1ccc(Cn2cncc2CCNC(=O)[C@H]2CN(CC3CCCCC3)CCN2C(=O)NC2CCCCC2)cc1. The Balaban J connectivity index is 1.18. The number of imidazole rings is 1. The highest BCUT2D eigenvalue weighted by Gasteiger charge is 2.36. The summed E-state index contributed by atoms with van der Waals surface area (Å²) in [6, 6.07) is 9.36. The van der Waals surface area contributed by atoms with Crippen LogP contribution in [0.1, 0.15) is 81.0 Å². The molecule has 9 nitrogen and oxygen atoms in total. The van der Waals surface area contributed by atoms with Gasteiger partial charge in [0.15, 0.2) is 0 Å². The lowest BCUT2D eigenvalue weighted by molar-refractivity contribution is -0.127. The van der Waals surface area contributed by atoms with Crippen LogP contribution in [-0.2, 0) is 17.8 Å². The topological polar surface area (TPSA) is 106 Å². The number of benzene rings is 1. The first-order chi connectivity index (χ1) is 20.1. The van der Waals surface area contributed by atoms with Gasteiger partial charge in [0, 0.05) is 63.6 Å². The number of aromatic nitrogens is 2. The molecule has 0 bridgehead atoms. The highest BCUT2D eigenvalue weighted by atomic mass is 16.2. The molecule has 1 aromatic heterocycles. The lowest BCUT2D eigenvalue weighted by Gasteiger charge is -2.42. The third kappa shape index (κ3) is 8.10. The van der Waals surface area contributed by atoms with Crippen LogP contribution < -0.4 is 10.6 Å². The molecule has 2 heterocycles. The van der Waals surface area contributed by atoms with Crippen LogP contribution >= 0.6 is 0 Å². The van der Waals surface area contributed by atoms with E-state index in [1.165, 1.54) is 38.5 Å². The molecule has 1 atom stereocenters. The Morgan fingerprint density at radius 1 is 0.976 bits per heavy atom. The summed E-state index contributed by atoms with van der Waals surface area (Å²) in [6.45, 7) is 4.17. The first-order valence-corrected chi connectivity index (χ1v) is 15.6. The van der Waals surface area contributed by atoms with Crippen molar-refractivity contribution in [3.63, 3.8) is 0 Å². The minimum Gasteiger partial charge on any atom is -0.354 e. The van der Waals surface area contributed by atoms with Gasteiger partial charge in [0.25, 0.3) is 0 Å². The molecule has 1 saturated heterocycles. The van der Waals surface area contributed by atoms with Gasteiger partial charge in [0.05, 0.1) is 18.0 Å². The van der Waals surface area contributed by atoms with E-state index in [-0.39, 0.29) is 18.0 Å². The molecule has 3 fully saturated rings. The molecule has 2 aromatic rings. The number of piperazine rings is 1. The van der Waals surface area contributed by atoms with Crippen molar-refractivity contribution in [3.8, 4) is 6.07 Å². The second-order valence-corrected chi connectivity index (χ2v) is 12.1. The number of nitrogens with zero attached hydrogens (tertiary/aromatic N) is 5. The Kier molecular flexibility index (Phi) is 10.3. The smallest absolute Gasteiger partial charge is 0.318 e. The maximum Gasteiger partial charge on any atom is 0.318 e. The van der Waals surface area contributed by atoms with E-state index in [1.807, 2.05) is 30.5 Å². The van der Waals surface area contributed by atoms with Crippen molar-refractivity contribution in [3.05, 3.63) is 53.6 Å². The van der Waals surface area contributed by atoms with Crippen LogP contribution in [0.5, 0.6) is 0 Å². The molecule has 0 unspecified atom stereocenters. The van der Waals surface area contributed by atoms with Gasteiger partial charge in [-0.05, 0) is 49.3 Å². The fourth-order valence-electron chi connectivity index (χ4n) is 6.72. The van der Waals surface area contributed by atoms with E-state index in [0.29, 0.717) is 44.1 Å². The van der Waals surface area contributed by atoms with E-state index in [0.717, 1.165) is 50.0 Å². The highest BCUT2D eigenvalue weighted by molar-refractivity contribution is 5.87. The summed E-state index contributed by atoms with van der Waals surface area (Å²) in [5, 5.41) is 15.4. The van der Waals surface area contributed by atoms with Crippen molar-refractivity contribution in [1.82, 2.24) is 30.0 Å². The van der Waals surface area contributed by atoms with Gasteiger partial charge in [-0.2, -0.15) is 5.26 Å². The van der Waals surface area contributed by atoms with Crippen molar-refractivity contribution in [2.75, 3.05) is 32.7 Å². The summed E-state index contributed by atoms with van der Waals surface area (Å²) in [6.07, 6.45) is 16.4. The fraction of sp³-hybridized carbons (Fsp3) is 0.625. The summed E-state index contributed by atoms with van der Waals surface area (Å²) in [5.41, 5.74) is 2.76. The summed E-state index contributed by atoms with van der Waals surface area (Å²) in [5.74, 6) is 0.627. The number of carbonyl (C=O) groups excluding carboxylic acids is 2. The molecule has 0 spiro atoms. The predicted octanol–water partition coefficient (Wildman–Crippen LogP) is 4.07. The quantitative estimate of drug-likeness (QED) is 0.482. The van der Waals surface area contributed by atoms with E-state index in [4.69, 9.17) is 5.26 Å². The van der Waals surface area contributed by atoms with Crippen molar-refractivity contribution in [1.29, 1.82) is 5.26 Å². The predicted molar refractivity (Wildman–Crippen MR) is 158 cm³/mol. The number of nitrogens with one attached hydrogen (secondary N) is 2. The maximum absolute atomic E-state index is 13.6. The van der Waals surface area contributed by atoms with Gasteiger partial charge >= 0.3 is 6.03 Å². The van der Waals surface area contributed by atoms with Gasteiger partial charge in [0.2, 0.25) is 5.91 Å². The van der Waals surface area contributed by atoms with Crippen molar-refractivity contribution in [2.24, 2.45) is 5.92 Å². The lowest BCUT2D eigenvalue weighted by Crippen LogP contribution is -2.63. The Labute approximate surface area is 244 Å². The van der Waals surface area contributed by atoms with Gasteiger partial charge in [-0.1, -0.05) is 50.7 Å². The van der Waals surface area contributed by atoms with E-state index < -0.39 is 6.04 Å². The third-order valence-corrected chi connectivity index (χ3v) is 9.12. The molecule has 220 valence electrons. The minimum atomic E-state index is -0.487. The van der Waals surface area contributed by atoms with Crippen LogP contribution in [0, 0.1) is 17.2 Å². The van der Waals surface area contributed by atoms with Gasteiger partial charge in [-0.15, -0.1) is 0 Å². The number of hydrogen-bond donors (Lipinski definition) is 2. The Morgan fingerprint density at radius 2 is 1.71 bits per heavy atom. The van der Waals surface area contributed by atoms with Crippen molar-refractivity contribution in [2.45, 2.75) is 89.3 Å². The fourth-order valence-corrected chi connectivity index (χ4v) is 6.72. The molecule has 41 heavy (non-hydrogen) atoms. The molecular weight excluding hydrogens is 514 g/mol. The number of amides is 3. The van der Waals surface area contributed by atoms with E-state index >= 15 is 0 Å². The Morgan fingerprint density at radius 3 is 2.44 bits per heavy atom. The maximum atomic E-state index is 13.6. The van der Waals surface area contributed by atoms with Crippen LogP contribution in [0.4, 0.5) is 4.79 Å². The summed E-state index contributed by atoms with van der Waals surface area (Å²) in [7, 11) is 0. The second-order valence-electron chi connectivity index (χ2n) is 12.1. The zero-order valence-corrected chi connectivity index (χ0v) is 24.3. The largest absolute Gasteiger partial charge is 0.354 e. The number of carbonyl (C=O) groups is 2. The summed E-state index contributed by atoms with van der Waals surface area (Å²) >= 11 is 0. The van der Waals surface area contributed by atoms with Crippen LogP contribution in [0.25, 0.3) is 0 Å². The van der Waals surface area contributed by atoms with Crippen LogP contribution in [0.15, 0.2) is 36.8 Å². The highest BCUT2D eigenvalue weighted by Crippen LogP contribution is 2.26. The normalized spacial score (nSPS) is 20.9. The zero-order chi connectivity index (χ0) is 28.4. The van der Waals surface area contributed by atoms with Crippen LogP contribution in [0.3, 0.4) is 0 Å².